The largest absolute Gasteiger partial charge is 0.354 e. The lowest BCUT2D eigenvalue weighted by Gasteiger charge is -2.08. The molecule has 18 heavy (non-hydrogen) atoms. The molecule has 1 aromatic carbocycles. The third-order valence-corrected chi connectivity index (χ3v) is 3.24. The number of nitrogens with zero attached hydrogens (tertiary/aromatic N) is 2. The third kappa shape index (κ3) is 2.74. The van der Waals surface area contributed by atoms with E-state index < -0.39 is 0 Å². The van der Waals surface area contributed by atoms with Crippen LogP contribution in [-0.4, -0.2) is 16.5 Å². The lowest BCUT2D eigenvalue weighted by Crippen LogP contribution is -2.03. The average Bonchev–Trinajstić information content (AvgIpc) is 2.35. The van der Waals surface area contributed by atoms with Gasteiger partial charge in [-0.15, -0.1) is 0 Å². The highest BCUT2D eigenvalue weighted by Gasteiger charge is 2.08. The van der Waals surface area contributed by atoms with Crippen LogP contribution in [0.3, 0.4) is 0 Å². The second-order valence-electron chi connectivity index (χ2n) is 3.88. The highest BCUT2D eigenvalue weighted by molar-refractivity contribution is 6.42. The second-order valence-corrected chi connectivity index (χ2v) is 4.70. The molecule has 0 saturated heterocycles. The average molecular weight is 282 g/mol. The Balaban J connectivity index is 2.48. The van der Waals surface area contributed by atoms with Crippen molar-refractivity contribution in [1.82, 2.24) is 9.97 Å². The van der Waals surface area contributed by atoms with Crippen LogP contribution in [0.1, 0.15) is 12.5 Å². The van der Waals surface area contributed by atoms with Gasteiger partial charge < -0.3 is 5.32 Å². The van der Waals surface area contributed by atoms with Crippen molar-refractivity contribution in [3.8, 4) is 11.3 Å². The molecule has 0 amide bonds. The first kappa shape index (κ1) is 13.1. The molecule has 3 nitrogen and oxygen atoms in total. The molecule has 2 aromatic rings. The van der Waals surface area contributed by atoms with Gasteiger partial charge in [-0.2, -0.15) is 0 Å². The van der Waals surface area contributed by atoms with Crippen molar-refractivity contribution in [2.75, 3.05) is 11.9 Å². The second kappa shape index (κ2) is 5.55. The van der Waals surface area contributed by atoms with Gasteiger partial charge in [0.15, 0.2) is 0 Å². The van der Waals surface area contributed by atoms with E-state index >= 15 is 0 Å². The summed E-state index contributed by atoms with van der Waals surface area (Å²) in [4.78, 5) is 8.69. The lowest BCUT2D eigenvalue weighted by molar-refractivity contribution is 1.07. The number of halogens is 2. The maximum Gasteiger partial charge on any atom is 0.223 e. The number of rotatable bonds is 3. The molecule has 0 saturated carbocycles. The fourth-order valence-electron chi connectivity index (χ4n) is 1.62. The lowest BCUT2D eigenvalue weighted by atomic mass is 10.1. The molecule has 0 bridgehead atoms. The van der Waals surface area contributed by atoms with E-state index in [9.17, 15) is 0 Å². The Morgan fingerprint density at radius 1 is 1.22 bits per heavy atom. The van der Waals surface area contributed by atoms with Crippen LogP contribution in [0.4, 0.5) is 5.95 Å². The fraction of sp³-hybridized carbons (Fsp3) is 0.231. The summed E-state index contributed by atoms with van der Waals surface area (Å²) in [5.41, 5.74) is 2.79. The van der Waals surface area contributed by atoms with Crippen LogP contribution in [0.25, 0.3) is 11.3 Å². The van der Waals surface area contributed by atoms with E-state index in [1.165, 1.54) is 0 Å². The molecule has 94 valence electrons. The number of benzene rings is 1. The molecule has 0 aliphatic heterocycles. The molecule has 1 heterocycles. The highest BCUT2D eigenvalue weighted by atomic mass is 35.5. The van der Waals surface area contributed by atoms with E-state index in [1.54, 1.807) is 12.3 Å². The number of nitrogens with one attached hydrogen (secondary N) is 1. The maximum absolute atomic E-state index is 6.03. The van der Waals surface area contributed by atoms with Crippen LogP contribution >= 0.6 is 23.2 Å². The molecular formula is C13H13Cl2N3. The summed E-state index contributed by atoms with van der Waals surface area (Å²) in [6, 6.07) is 5.49. The Morgan fingerprint density at radius 2 is 2.00 bits per heavy atom. The van der Waals surface area contributed by atoms with Crippen LogP contribution in [-0.2, 0) is 0 Å². The first-order chi connectivity index (χ1) is 8.61. The predicted octanol–water partition coefficient (Wildman–Crippen LogP) is 4.19. The molecule has 0 unspecified atom stereocenters. The standard InChI is InChI=1S/C13H13Cl2N3/c1-3-16-13-17-7-8(2)12(18-13)9-4-5-10(14)11(15)6-9/h4-7H,3H2,1-2H3,(H,16,17,18). The summed E-state index contributed by atoms with van der Waals surface area (Å²) < 4.78 is 0. The van der Waals surface area contributed by atoms with Gasteiger partial charge in [0, 0.05) is 18.3 Å². The monoisotopic (exact) mass is 281 g/mol. The van der Waals surface area contributed by atoms with Crippen LogP contribution in [0, 0.1) is 6.92 Å². The molecule has 5 heteroatoms. The number of hydrogen-bond acceptors (Lipinski definition) is 3. The van der Waals surface area contributed by atoms with Crippen molar-refractivity contribution in [1.29, 1.82) is 0 Å². The minimum atomic E-state index is 0.525. The van der Waals surface area contributed by atoms with Crippen molar-refractivity contribution in [2.45, 2.75) is 13.8 Å². The number of aryl methyl sites for hydroxylation is 1. The van der Waals surface area contributed by atoms with E-state index in [4.69, 9.17) is 23.2 Å². The molecule has 0 aliphatic carbocycles. The van der Waals surface area contributed by atoms with Gasteiger partial charge in [0.1, 0.15) is 0 Å². The van der Waals surface area contributed by atoms with Gasteiger partial charge in [0.2, 0.25) is 5.95 Å². The third-order valence-electron chi connectivity index (χ3n) is 2.50. The van der Waals surface area contributed by atoms with E-state index in [0.717, 1.165) is 23.4 Å². The van der Waals surface area contributed by atoms with Crippen LogP contribution in [0.15, 0.2) is 24.4 Å². The highest BCUT2D eigenvalue weighted by Crippen LogP contribution is 2.29. The zero-order chi connectivity index (χ0) is 13.1. The first-order valence-corrected chi connectivity index (χ1v) is 6.40. The van der Waals surface area contributed by atoms with Crippen molar-refractivity contribution < 1.29 is 0 Å². The van der Waals surface area contributed by atoms with Crippen molar-refractivity contribution in [2.24, 2.45) is 0 Å². The summed E-state index contributed by atoms with van der Waals surface area (Å²) in [5, 5.41) is 4.16. The van der Waals surface area contributed by atoms with E-state index in [0.29, 0.717) is 16.0 Å². The Labute approximate surface area is 116 Å². The molecule has 0 aliphatic rings. The van der Waals surface area contributed by atoms with E-state index in [-0.39, 0.29) is 0 Å². The van der Waals surface area contributed by atoms with Gasteiger partial charge in [-0.05, 0) is 31.5 Å². The Bertz CT molecular complexity index is 570. The first-order valence-electron chi connectivity index (χ1n) is 5.64. The Morgan fingerprint density at radius 3 is 2.67 bits per heavy atom. The molecular weight excluding hydrogens is 269 g/mol. The van der Waals surface area contributed by atoms with E-state index in [1.807, 2.05) is 26.0 Å². The summed E-state index contributed by atoms with van der Waals surface area (Å²) >= 11 is 11.9. The normalized spacial score (nSPS) is 10.4. The maximum atomic E-state index is 6.03. The van der Waals surface area contributed by atoms with Gasteiger partial charge in [-0.3, -0.25) is 0 Å². The zero-order valence-corrected chi connectivity index (χ0v) is 11.7. The van der Waals surface area contributed by atoms with Gasteiger partial charge in [0.25, 0.3) is 0 Å². The summed E-state index contributed by atoms with van der Waals surface area (Å²) in [6.07, 6.45) is 1.79. The van der Waals surface area contributed by atoms with Crippen molar-refractivity contribution in [3.63, 3.8) is 0 Å². The molecule has 0 radical (unpaired) electrons. The molecule has 2 rings (SSSR count). The van der Waals surface area contributed by atoms with Crippen LogP contribution in [0.5, 0.6) is 0 Å². The molecule has 0 spiro atoms. The number of aromatic nitrogens is 2. The van der Waals surface area contributed by atoms with E-state index in [2.05, 4.69) is 15.3 Å². The molecule has 0 fully saturated rings. The quantitative estimate of drug-likeness (QED) is 0.917. The van der Waals surface area contributed by atoms with Gasteiger partial charge >= 0.3 is 0 Å². The van der Waals surface area contributed by atoms with Gasteiger partial charge in [-0.1, -0.05) is 29.3 Å². The van der Waals surface area contributed by atoms with Gasteiger partial charge in [0.05, 0.1) is 15.7 Å². The molecule has 1 aromatic heterocycles. The zero-order valence-electron chi connectivity index (χ0n) is 10.2. The summed E-state index contributed by atoms with van der Waals surface area (Å²) in [6.45, 7) is 4.75. The Kier molecular flexibility index (Phi) is 4.04. The van der Waals surface area contributed by atoms with Crippen molar-refractivity contribution >= 4 is 29.2 Å². The van der Waals surface area contributed by atoms with Crippen LogP contribution < -0.4 is 5.32 Å². The Hall–Kier alpha value is -1.32. The summed E-state index contributed by atoms with van der Waals surface area (Å²) in [5.74, 6) is 0.615. The van der Waals surface area contributed by atoms with Crippen LogP contribution in [0.2, 0.25) is 10.0 Å². The van der Waals surface area contributed by atoms with Crippen molar-refractivity contribution in [3.05, 3.63) is 40.0 Å². The molecule has 0 atom stereocenters. The number of hydrogen-bond donors (Lipinski definition) is 1. The molecule has 1 N–H and O–H groups in total. The predicted molar refractivity (Wildman–Crippen MR) is 76.4 cm³/mol. The minimum Gasteiger partial charge on any atom is -0.354 e. The number of anilines is 1. The minimum absolute atomic E-state index is 0.525. The fourth-order valence-corrected chi connectivity index (χ4v) is 1.92. The van der Waals surface area contributed by atoms with Gasteiger partial charge in [-0.25, -0.2) is 9.97 Å². The summed E-state index contributed by atoms with van der Waals surface area (Å²) in [7, 11) is 0. The SMILES string of the molecule is CCNc1ncc(C)c(-c2ccc(Cl)c(Cl)c2)n1. The smallest absolute Gasteiger partial charge is 0.223 e. The topological polar surface area (TPSA) is 37.8 Å².